The molecule has 1 fully saturated rings. The average Bonchev–Trinajstić information content (AvgIpc) is 2.98. The summed E-state index contributed by atoms with van der Waals surface area (Å²) in [4.78, 5) is 18.2. The van der Waals surface area contributed by atoms with E-state index >= 15 is 0 Å². The largest absolute Gasteiger partial charge is 0.361 e. The van der Waals surface area contributed by atoms with Crippen LogP contribution in [0.1, 0.15) is 12.0 Å². The number of likely N-dealkylation sites (N-methyl/N-ethyl adjacent to an activating group) is 1. The van der Waals surface area contributed by atoms with E-state index in [0.717, 1.165) is 36.1 Å². The van der Waals surface area contributed by atoms with Gasteiger partial charge < -0.3 is 14.8 Å². The molecule has 2 heterocycles. The molecular formula is C17H25N5O+2. The Labute approximate surface area is 136 Å². The molecule has 4 N–H and O–H groups in total. The van der Waals surface area contributed by atoms with E-state index in [9.17, 15) is 4.79 Å². The van der Waals surface area contributed by atoms with Crippen LogP contribution in [0, 0.1) is 0 Å². The van der Waals surface area contributed by atoms with Crippen LogP contribution in [0.4, 0.5) is 0 Å². The molecule has 6 nitrogen and oxygen atoms in total. The fourth-order valence-corrected chi connectivity index (χ4v) is 3.00. The van der Waals surface area contributed by atoms with E-state index in [1.165, 1.54) is 18.0 Å². The van der Waals surface area contributed by atoms with Crippen LogP contribution in [-0.4, -0.2) is 56.9 Å². The van der Waals surface area contributed by atoms with Gasteiger partial charge in [0.2, 0.25) is 5.91 Å². The number of H-pyrrole nitrogens is 1. The summed E-state index contributed by atoms with van der Waals surface area (Å²) in [5.41, 5.74) is 4.68. The monoisotopic (exact) mass is 315 g/mol. The van der Waals surface area contributed by atoms with E-state index in [-0.39, 0.29) is 5.91 Å². The smallest absolute Gasteiger partial charge is 0.245 e. The lowest BCUT2D eigenvalue weighted by atomic mass is 10.2. The van der Waals surface area contributed by atoms with Gasteiger partial charge in [0.15, 0.2) is 0 Å². The molecule has 0 atom stereocenters. The maximum Gasteiger partial charge on any atom is 0.245 e. The van der Waals surface area contributed by atoms with Crippen LogP contribution in [0.3, 0.4) is 0 Å². The Morgan fingerprint density at radius 2 is 2.09 bits per heavy atom. The van der Waals surface area contributed by atoms with Crippen molar-refractivity contribution >= 4 is 23.0 Å². The van der Waals surface area contributed by atoms with Crippen LogP contribution in [0.15, 0.2) is 35.6 Å². The second-order valence-electron chi connectivity index (χ2n) is 6.29. The Morgan fingerprint density at radius 1 is 1.30 bits per heavy atom. The number of nitrogens with one attached hydrogen (secondary N) is 4. The van der Waals surface area contributed by atoms with Gasteiger partial charge in [-0.15, -0.1) is 0 Å². The van der Waals surface area contributed by atoms with Crippen molar-refractivity contribution < 1.29 is 14.6 Å². The number of aromatic amines is 1. The van der Waals surface area contributed by atoms with E-state index in [2.05, 4.69) is 22.6 Å². The number of rotatable bonds is 5. The second kappa shape index (κ2) is 7.39. The van der Waals surface area contributed by atoms with Crippen LogP contribution in [0.25, 0.3) is 10.9 Å². The highest BCUT2D eigenvalue weighted by Crippen LogP contribution is 2.15. The maximum atomic E-state index is 11.9. The van der Waals surface area contributed by atoms with Gasteiger partial charge in [-0.3, -0.25) is 4.79 Å². The van der Waals surface area contributed by atoms with Crippen LogP contribution in [0.2, 0.25) is 0 Å². The average molecular weight is 315 g/mol. The van der Waals surface area contributed by atoms with Crippen molar-refractivity contribution in [2.24, 2.45) is 5.10 Å². The van der Waals surface area contributed by atoms with Gasteiger partial charge in [-0.25, -0.2) is 5.43 Å². The number of amides is 1. The van der Waals surface area contributed by atoms with Gasteiger partial charge in [-0.1, -0.05) is 18.2 Å². The first kappa shape index (κ1) is 15.7. The summed E-state index contributed by atoms with van der Waals surface area (Å²) in [6, 6.07) is 8.04. The summed E-state index contributed by atoms with van der Waals surface area (Å²) in [7, 11) is 2.23. The van der Waals surface area contributed by atoms with Crippen LogP contribution in [0.5, 0.6) is 0 Å². The number of piperazine rings is 1. The Bertz CT molecular complexity index is 685. The number of quaternary nitrogens is 2. The summed E-state index contributed by atoms with van der Waals surface area (Å²) in [6.07, 6.45) is 4.12. The van der Waals surface area contributed by atoms with Gasteiger partial charge in [-0.05, 0) is 6.07 Å². The van der Waals surface area contributed by atoms with Crippen LogP contribution >= 0.6 is 0 Å². The minimum absolute atomic E-state index is 0.0140. The predicted molar refractivity (Wildman–Crippen MR) is 90.8 cm³/mol. The van der Waals surface area contributed by atoms with E-state index in [1.807, 2.05) is 30.5 Å². The zero-order valence-corrected chi connectivity index (χ0v) is 13.6. The van der Waals surface area contributed by atoms with Gasteiger partial charge >= 0.3 is 0 Å². The lowest BCUT2D eigenvalue weighted by Gasteiger charge is -2.26. The van der Waals surface area contributed by atoms with Crippen molar-refractivity contribution in [2.45, 2.75) is 6.42 Å². The highest BCUT2D eigenvalue weighted by molar-refractivity contribution is 5.99. The molecule has 1 saturated heterocycles. The molecule has 0 unspecified atom stereocenters. The fraction of sp³-hybridized carbons (Fsp3) is 0.412. The lowest BCUT2D eigenvalue weighted by Crippen LogP contribution is -3.27. The number of para-hydroxylation sites is 1. The Balaban J connectivity index is 1.45. The number of nitrogens with zero attached hydrogens (tertiary/aromatic N) is 1. The minimum Gasteiger partial charge on any atom is -0.361 e. The molecule has 2 aromatic rings. The molecule has 1 amide bonds. The molecule has 1 aliphatic heterocycles. The second-order valence-corrected chi connectivity index (χ2v) is 6.29. The summed E-state index contributed by atoms with van der Waals surface area (Å²) >= 11 is 0. The first-order chi connectivity index (χ1) is 11.2. The number of carbonyl (C=O) groups excluding carboxylic acids is 1. The van der Waals surface area contributed by atoms with Crippen LogP contribution < -0.4 is 15.2 Å². The van der Waals surface area contributed by atoms with Gasteiger partial charge in [0.1, 0.15) is 26.2 Å². The molecule has 0 aliphatic carbocycles. The standard InChI is InChI=1S/C17H23N5O/c1-21-8-10-22(11-9-21)7-6-17(23)20-19-13-14-12-18-16-5-3-2-4-15(14)16/h2-5,12-13,18H,6-11H2,1H3,(H,20,23)/p+2/b19-13+. The highest BCUT2D eigenvalue weighted by Gasteiger charge is 2.20. The lowest BCUT2D eigenvalue weighted by molar-refractivity contribution is -1.00. The minimum atomic E-state index is -0.0140. The number of carbonyl (C=O) groups is 1. The molecule has 6 heteroatoms. The van der Waals surface area contributed by atoms with Crippen molar-refractivity contribution in [1.29, 1.82) is 0 Å². The maximum absolute atomic E-state index is 11.9. The molecule has 0 bridgehead atoms. The van der Waals surface area contributed by atoms with Gasteiger partial charge in [0.05, 0.1) is 26.2 Å². The molecule has 0 radical (unpaired) electrons. The number of hydrazone groups is 1. The number of hydrogen-bond donors (Lipinski definition) is 4. The molecule has 0 saturated carbocycles. The third kappa shape index (κ3) is 4.18. The summed E-state index contributed by atoms with van der Waals surface area (Å²) < 4.78 is 0. The van der Waals surface area contributed by atoms with Crippen molar-refractivity contribution in [1.82, 2.24) is 10.4 Å². The normalized spacial score (nSPS) is 21.8. The Morgan fingerprint density at radius 3 is 2.91 bits per heavy atom. The van der Waals surface area contributed by atoms with E-state index in [0.29, 0.717) is 6.42 Å². The van der Waals surface area contributed by atoms with Crippen molar-refractivity contribution in [3.05, 3.63) is 36.0 Å². The Hall–Kier alpha value is -2.18. The van der Waals surface area contributed by atoms with Gasteiger partial charge in [0, 0.05) is 22.7 Å². The summed E-state index contributed by atoms with van der Waals surface area (Å²) in [5, 5.41) is 5.19. The van der Waals surface area contributed by atoms with Crippen molar-refractivity contribution in [3.8, 4) is 0 Å². The molecule has 1 aliphatic rings. The quantitative estimate of drug-likeness (QED) is 0.391. The SMILES string of the molecule is C[NH+]1CC[NH+](CCC(=O)N/N=C/c2c[nH]c3ccccc23)CC1. The predicted octanol–water partition coefficient (Wildman–Crippen LogP) is -1.58. The van der Waals surface area contributed by atoms with E-state index in [4.69, 9.17) is 0 Å². The molecule has 0 spiro atoms. The van der Waals surface area contributed by atoms with Crippen molar-refractivity contribution in [3.63, 3.8) is 0 Å². The highest BCUT2D eigenvalue weighted by atomic mass is 16.2. The molecule has 23 heavy (non-hydrogen) atoms. The first-order valence-electron chi connectivity index (χ1n) is 8.25. The third-order valence-corrected chi connectivity index (χ3v) is 4.53. The van der Waals surface area contributed by atoms with Crippen LogP contribution in [-0.2, 0) is 4.79 Å². The van der Waals surface area contributed by atoms with E-state index in [1.54, 1.807) is 11.1 Å². The topological polar surface area (TPSA) is 66.1 Å². The number of hydrogen-bond acceptors (Lipinski definition) is 2. The first-order valence-corrected chi connectivity index (χ1v) is 8.25. The third-order valence-electron chi connectivity index (χ3n) is 4.53. The fourth-order valence-electron chi connectivity index (χ4n) is 3.00. The van der Waals surface area contributed by atoms with E-state index < -0.39 is 0 Å². The molecule has 3 rings (SSSR count). The summed E-state index contributed by atoms with van der Waals surface area (Å²) in [6.45, 7) is 5.57. The van der Waals surface area contributed by atoms with Gasteiger partial charge in [0.25, 0.3) is 0 Å². The Kier molecular flexibility index (Phi) is 5.05. The number of fused-ring (bicyclic) bond motifs is 1. The van der Waals surface area contributed by atoms with Crippen molar-refractivity contribution in [2.75, 3.05) is 39.8 Å². The number of benzene rings is 1. The molecule has 122 valence electrons. The zero-order chi connectivity index (χ0) is 16.1. The zero-order valence-electron chi connectivity index (χ0n) is 13.6. The molecular weight excluding hydrogens is 290 g/mol. The summed E-state index contributed by atoms with van der Waals surface area (Å²) in [5.74, 6) is -0.0140. The number of aromatic nitrogens is 1. The molecule has 1 aromatic heterocycles. The van der Waals surface area contributed by atoms with Gasteiger partial charge in [-0.2, -0.15) is 5.10 Å². The molecule has 1 aromatic carbocycles.